The summed E-state index contributed by atoms with van der Waals surface area (Å²) in [6.45, 7) is 1.74. The summed E-state index contributed by atoms with van der Waals surface area (Å²) < 4.78 is 10.8. The number of benzene rings is 2. The molecule has 1 fully saturated rings. The van der Waals surface area contributed by atoms with Crippen LogP contribution < -0.4 is 14.8 Å². The molecule has 2 aromatic rings. The number of hydrogen-bond acceptors (Lipinski definition) is 4. The van der Waals surface area contributed by atoms with Crippen molar-refractivity contribution in [3.8, 4) is 11.5 Å². The first-order valence-electron chi connectivity index (χ1n) is 9.02. The van der Waals surface area contributed by atoms with E-state index in [0.717, 1.165) is 11.3 Å². The Hall–Kier alpha value is -3.02. The smallest absolute Gasteiger partial charge is 0.225 e. The molecule has 1 aliphatic heterocycles. The van der Waals surface area contributed by atoms with Gasteiger partial charge in [-0.25, -0.2) is 0 Å². The Morgan fingerprint density at radius 2 is 1.93 bits per heavy atom. The van der Waals surface area contributed by atoms with E-state index < -0.39 is 0 Å². The Bertz CT molecular complexity index is 779. The van der Waals surface area contributed by atoms with Gasteiger partial charge in [0.1, 0.15) is 18.1 Å². The molecule has 0 aromatic heterocycles. The van der Waals surface area contributed by atoms with E-state index in [1.807, 2.05) is 48.5 Å². The Balaban J connectivity index is 1.41. The molecular weight excluding hydrogens is 344 g/mol. The number of carbonyl (C=O) groups is 2. The number of nitrogens with zero attached hydrogens (tertiary/aromatic N) is 1. The van der Waals surface area contributed by atoms with Crippen molar-refractivity contribution in [2.45, 2.75) is 13.0 Å². The lowest BCUT2D eigenvalue weighted by Crippen LogP contribution is -2.35. The van der Waals surface area contributed by atoms with Crippen molar-refractivity contribution in [3.63, 3.8) is 0 Å². The maximum absolute atomic E-state index is 12.3. The molecule has 0 bridgehead atoms. The van der Waals surface area contributed by atoms with Gasteiger partial charge in [-0.05, 0) is 17.7 Å². The number of hydrogen-bond donors (Lipinski definition) is 1. The summed E-state index contributed by atoms with van der Waals surface area (Å²) in [5.74, 6) is 1.02. The van der Waals surface area contributed by atoms with Crippen molar-refractivity contribution in [2.24, 2.45) is 5.92 Å². The second kappa shape index (κ2) is 9.07. The Morgan fingerprint density at radius 3 is 2.70 bits per heavy atom. The minimum Gasteiger partial charge on any atom is -0.497 e. The fraction of sp³-hybridized carbons (Fsp3) is 0.333. The molecule has 0 spiro atoms. The lowest BCUT2D eigenvalue weighted by Gasteiger charge is -2.16. The van der Waals surface area contributed by atoms with Gasteiger partial charge in [-0.1, -0.05) is 36.4 Å². The van der Waals surface area contributed by atoms with Crippen LogP contribution in [0.4, 0.5) is 0 Å². The second-order valence-electron chi connectivity index (χ2n) is 6.48. The third kappa shape index (κ3) is 5.23. The summed E-state index contributed by atoms with van der Waals surface area (Å²) in [5.41, 5.74) is 1.07. The zero-order valence-corrected chi connectivity index (χ0v) is 15.4. The lowest BCUT2D eigenvalue weighted by molar-refractivity contribution is -0.129. The first-order chi connectivity index (χ1) is 13.2. The number of amides is 2. The van der Waals surface area contributed by atoms with Gasteiger partial charge in [0, 0.05) is 25.6 Å². The predicted molar refractivity (Wildman–Crippen MR) is 101 cm³/mol. The zero-order chi connectivity index (χ0) is 19.1. The number of methoxy groups -OCH3 is 1. The molecule has 1 heterocycles. The molecule has 0 radical (unpaired) electrons. The predicted octanol–water partition coefficient (Wildman–Crippen LogP) is 2.24. The molecule has 1 N–H and O–H groups in total. The molecule has 6 heteroatoms. The highest BCUT2D eigenvalue weighted by atomic mass is 16.5. The highest BCUT2D eigenvalue weighted by Gasteiger charge is 2.33. The SMILES string of the molecule is COc1cccc(OCCNC(=O)C2CC(=O)N(Cc3ccccc3)C2)c1. The summed E-state index contributed by atoms with van der Waals surface area (Å²) in [6, 6.07) is 17.1. The topological polar surface area (TPSA) is 67.9 Å². The van der Waals surface area contributed by atoms with Gasteiger partial charge < -0.3 is 19.7 Å². The fourth-order valence-electron chi connectivity index (χ4n) is 3.08. The monoisotopic (exact) mass is 368 g/mol. The molecule has 2 amide bonds. The van der Waals surface area contributed by atoms with Gasteiger partial charge in [0.05, 0.1) is 19.6 Å². The first-order valence-corrected chi connectivity index (χ1v) is 9.02. The van der Waals surface area contributed by atoms with E-state index in [1.54, 1.807) is 18.1 Å². The van der Waals surface area contributed by atoms with Crippen LogP contribution in [0.2, 0.25) is 0 Å². The molecule has 1 saturated heterocycles. The highest BCUT2D eigenvalue weighted by molar-refractivity contribution is 5.89. The molecule has 1 aliphatic rings. The van der Waals surface area contributed by atoms with Gasteiger partial charge in [0.15, 0.2) is 0 Å². The maximum atomic E-state index is 12.3. The third-order valence-corrected chi connectivity index (χ3v) is 4.51. The average molecular weight is 368 g/mol. The molecule has 6 nitrogen and oxygen atoms in total. The van der Waals surface area contributed by atoms with Gasteiger partial charge in [-0.2, -0.15) is 0 Å². The van der Waals surface area contributed by atoms with Crippen molar-refractivity contribution in [1.82, 2.24) is 10.2 Å². The summed E-state index contributed by atoms with van der Waals surface area (Å²) >= 11 is 0. The summed E-state index contributed by atoms with van der Waals surface area (Å²) in [5, 5.41) is 2.85. The van der Waals surface area contributed by atoms with E-state index in [2.05, 4.69) is 5.32 Å². The van der Waals surface area contributed by atoms with Crippen LogP contribution in [0.25, 0.3) is 0 Å². The van der Waals surface area contributed by atoms with E-state index in [4.69, 9.17) is 9.47 Å². The summed E-state index contributed by atoms with van der Waals surface area (Å²) in [6.07, 6.45) is 0.259. The molecule has 3 rings (SSSR count). The molecule has 27 heavy (non-hydrogen) atoms. The van der Waals surface area contributed by atoms with Crippen LogP contribution in [0.5, 0.6) is 11.5 Å². The maximum Gasteiger partial charge on any atom is 0.225 e. The van der Waals surface area contributed by atoms with E-state index in [1.165, 1.54) is 0 Å². The number of likely N-dealkylation sites (tertiary alicyclic amines) is 1. The summed E-state index contributed by atoms with van der Waals surface area (Å²) in [7, 11) is 1.60. The molecular formula is C21H24N2O4. The van der Waals surface area contributed by atoms with Crippen LogP contribution in [0.1, 0.15) is 12.0 Å². The normalized spacial score (nSPS) is 16.3. The van der Waals surface area contributed by atoms with Gasteiger partial charge in [-0.3, -0.25) is 9.59 Å². The lowest BCUT2D eigenvalue weighted by atomic mass is 10.1. The molecule has 0 aliphatic carbocycles. The summed E-state index contributed by atoms with van der Waals surface area (Å²) in [4.78, 5) is 26.3. The largest absolute Gasteiger partial charge is 0.497 e. The van der Waals surface area contributed by atoms with Crippen LogP contribution >= 0.6 is 0 Å². The van der Waals surface area contributed by atoms with Crippen molar-refractivity contribution >= 4 is 11.8 Å². The number of ether oxygens (including phenoxy) is 2. The van der Waals surface area contributed by atoms with Gasteiger partial charge in [0.2, 0.25) is 11.8 Å². The van der Waals surface area contributed by atoms with Crippen LogP contribution in [-0.2, 0) is 16.1 Å². The quantitative estimate of drug-likeness (QED) is 0.726. The van der Waals surface area contributed by atoms with Gasteiger partial charge in [-0.15, -0.1) is 0 Å². The molecule has 1 atom stereocenters. The van der Waals surface area contributed by atoms with Crippen molar-refractivity contribution < 1.29 is 19.1 Å². The third-order valence-electron chi connectivity index (χ3n) is 4.51. The van der Waals surface area contributed by atoms with E-state index in [-0.39, 0.29) is 24.2 Å². The molecule has 2 aromatic carbocycles. The number of rotatable bonds is 8. The number of carbonyl (C=O) groups excluding carboxylic acids is 2. The van der Waals surface area contributed by atoms with E-state index in [0.29, 0.717) is 32.0 Å². The Kier molecular flexibility index (Phi) is 6.30. The minimum absolute atomic E-state index is 0.0200. The van der Waals surface area contributed by atoms with Crippen LogP contribution in [0.15, 0.2) is 54.6 Å². The number of nitrogens with one attached hydrogen (secondary N) is 1. The second-order valence-corrected chi connectivity index (χ2v) is 6.48. The van der Waals surface area contributed by atoms with Crippen LogP contribution in [0.3, 0.4) is 0 Å². The Labute approximate surface area is 159 Å². The van der Waals surface area contributed by atoms with Crippen LogP contribution in [0, 0.1) is 5.92 Å². The van der Waals surface area contributed by atoms with E-state index in [9.17, 15) is 9.59 Å². The zero-order valence-electron chi connectivity index (χ0n) is 15.4. The van der Waals surface area contributed by atoms with Gasteiger partial charge >= 0.3 is 0 Å². The van der Waals surface area contributed by atoms with Crippen LogP contribution in [-0.4, -0.2) is 43.5 Å². The molecule has 0 saturated carbocycles. The average Bonchev–Trinajstić information content (AvgIpc) is 3.06. The standard InChI is InChI=1S/C21H24N2O4/c1-26-18-8-5-9-19(13-18)27-11-10-22-21(25)17-12-20(24)23(15-17)14-16-6-3-2-4-7-16/h2-9,13,17H,10-12,14-15H2,1H3,(H,22,25). The Morgan fingerprint density at radius 1 is 1.15 bits per heavy atom. The van der Waals surface area contributed by atoms with Gasteiger partial charge in [0.25, 0.3) is 0 Å². The van der Waals surface area contributed by atoms with Crippen molar-refractivity contribution in [2.75, 3.05) is 26.8 Å². The van der Waals surface area contributed by atoms with Crippen molar-refractivity contribution in [3.05, 3.63) is 60.2 Å². The fourth-order valence-corrected chi connectivity index (χ4v) is 3.08. The van der Waals surface area contributed by atoms with Crippen molar-refractivity contribution in [1.29, 1.82) is 0 Å². The first kappa shape index (κ1) is 18.8. The minimum atomic E-state index is -0.307. The highest BCUT2D eigenvalue weighted by Crippen LogP contribution is 2.21. The molecule has 1 unspecified atom stereocenters. The van der Waals surface area contributed by atoms with E-state index >= 15 is 0 Å². The molecule has 142 valence electrons.